The summed E-state index contributed by atoms with van der Waals surface area (Å²) in [6.07, 6.45) is -0.123. The molecule has 0 aliphatic carbocycles. The van der Waals surface area contributed by atoms with Crippen molar-refractivity contribution in [2.24, 2.45) is 0 Å². The van der Waals surface area contributed by atoms with E-state index in [0.717, 1.165) is 5.56 Å². The number of Topliss-reactive ketones (excluding diaryl/α,β-unsaturated/α-hetero) is 1. The van der Waals surface area contributed by atoms with E-state index in [4.69, 9.17) is 14.2 Å². The molecule has 0 bridgehead atoms. The lowest BCUT2D eigenvalue weighted by Gasteiger charge is -2.26. The number of carbonyl (C=O) groups is 2. The van der Waals surface area contributed by atoms with Gasteiger partial charge in [0, 0.05) is 12.1 Å². The van der Waals surface area contributed by atoms with Gasteiger partial charge in [0.2, 0.25) is 0 Å². The lowest BCUT2D eigenvalue weighted by Crippen LogP contribution is -2.29. The van der Waals surface area contributed by atoms with Gasteiger partial charge in [-0.15, -0.1) is 0 Å². The van der Waals surface area contributed by atoms with E-state index < -0.39 is 17.7 Å². The monoisotopic (exact) mass is 515 g/mol. The third kappa shape index (κ3) is 5.83. The molecule has 38 heavy (non-hydrogen) atoms. The van der Waals surface area contributed by atoms with Gasteiger partial charge in [-0.05, 0) is 75.2 Å². The van der Waals surface area contributed by atoms with Gasteiger partial charge in [0.15, 0.2) is 0 Å². The fourth-order valence-electron chi connectivity index (χ4n) is 4.53. The van der Waals surface area contributed by atoms with Crippen LogP contribution < -0.4 is 14.2 Å². The predicted octanol–water partition coefficient (Wildman–Crippen LogP) is 5.89. The minimum absolute atomic E-state index is 0.0151. The van der Waals surface area contributed by atoms with E-state index in [0.29, 0.717) is 28.4 Å². The number of likely N-dealkylation sites (tertiary alicyclic amines) is 1. The third-order valence-electron chi connectivity index (χ3n) is 6.05. The molecule has 1 amide bonds. The van der Waals surface area contributed by atoms with Gasteiger partial charge in [-0.1, -0.05) is 36.4 Å². The van der Waals surface area contributed by atoms with Crippen LogP contribution in [0.2, 0.25) is 0 Å². The zero-order valence-electron chi connectivity index (χ0n) is 22.3. The van der Waals surface area contributed by atoms with Crippen molar-refractivity contribution >= 4 is 17.4 Å². The lowest BCUT2D eigenvalue weighted by atomic mass is 9.95. The van der Waals surface area contributed by atoms with E-state index in [1.54, 1.807) is 37.4 Å². The Balaban J connectivity index is 1.85. The molecule has 3 aromatic rings. The fourth-order valence-corrected chi connectivity index (χ4v) is 4.53. The van der Waals surface area contributed by atoms with E-state index >= 15 is 0 Å². The molecule has 1 fully saturated rings. The summed E-state index contributed by atoms with van der Waals surface area (Å²) < 4.78 is 17.0. The molecule has 1 unspecified atom stereocenters. The molecule has 1 atom stereocenters. The number of nitrogens with zero attached hydrogens (tertiary/aromatic N) is 1. The van der Waals surface area contributed by atoms with Crippen LogP contribution in [0.5, 0.6) is 17.2 Å². The number of benzene rings is 3. The molecule has 1 heterocycles. The van der Waals surface area contributed by atoms with Gasteiger partial charge >= 0.3 is 0 Å². The first-order valence-corrected chi connectivity index (χ1v) is 12.6. The van der Waals surface area contributed by atoms with Crippen molar-refractivity contribution in [3.8, 4) is 17.2 Å². The maximum Gasteiger partial charge on any atom is 0.295 e. The molecule has 1 aliphatic rings. The molecule has 7 heteroatoms. The molecule has 1 aliphatic heterocycles. The topological polar surface area (TPSA) is 85.3 Å². The summed E-state index contributed by atoms with van der Waals surface area (Å²) in [6, 6.07) is 20.7. The Morgan fingerprint density at radius 2 is 1.45 bits per heavy atom. The van der Waals surface area contributed by atoms with Gasteiger partial charge in [0.1, 0.15) is 23.0 Å². The van der Waals surface area contributed by atoms with E-state index in [1.165, 1.54) is 4.90 Å². The normalized spacial score (nSPS) is 16.8. The van der Waals surface area contributed by atoms with Crippen LogP contribution in [-0.2, 0) is 16.1 Å². The highest BCUT2D eigenvalue weighted by atomic mass is 16.5. The number of ketones is 1. The first kappa shape index (κ1) is 26.8. The van der Waals surface area contributed by atoms with Crippen LogP contribution in [-0.4, -0.2) is 41.0 Å². The number of aliphatic hydroxyl groups is 1. The Bertz CT molecular complexity index is 1360. The molecule has 198 valence electrons. The Hall–Kier alpha value is -4.26. The number of aliphatic hydroxyl groups excluding tert-OH is 1. The number of hydrogen-bond donors (Lipinski definition) is 1. The highest BCUT2D eigenvalue weighted by Gasteiger charge is 2.46. The summed E-state index contributed by atoms with van der Waals surface area (Å²) in [7, 11) is 1.57. The minimum atomic E-state index is -0.827. The Kier molecular flexibility index (Phi) is 8.05. The van der Waals surface area contributed by atoms with Crippen molar-refractivity contribution in [1.82, 2.24) is 4.90 Å². The summed E-state index contributed by atoms with van der Waals surface area (Å²) in [5, 5.41) is 11.5. The van der Waals surface area contributed by atoms with Crippen LogP contribution in [0.15, 0.2) is 78.4 Å². The largest absolute Gasteiger partial charge is 0.507 e. The number of amides is 1. The Morgan fingerprint density at radius 3 is 2.11 bits per heavy atom. The summed E-state index contributed by atoms with van der Waals surface area (Å²) in [4.78, 5) is 28.3. The zero-order chi connectivity index (χ0) is 27.4. The van der Waals surface area contributed by atoms with Gasteiger partial charge in [-0.2, -0.15) is 0 Å². The summed E-state index contributed by atoms with van der Waals surface area (Å²) in [6.45, 7) is 7.81. The van der Waals surface area contributed by atoms with E-state index in [9.17, 15) is 14.7 Å². The molecule has 0 spiro atoms. The van der Waals surface area contributed by atoms with Gasteiger partial charge in [0.25, 0.3) is 11.7 Å². The molecular weight excluding hydrogens is 482 g/mol. The number of rotatable bonds is 9. The predicted molar refractivity (Wildman–Crippen MR) is 145 cm³/mol. The van der Waals surface area contributed by atoms with Crippen molar-refractivity contribution in [2.45, 2.75) is 52.5 Å². The second-order valence-electron chi connectivity index (χ2n) is 9.71. The van der Waals surface area contributed by atoms with Crippen LogP contribution in [0.25, 0.3) is 5.76 Å². The quantitative estimate of drug-likeness (QED) is 0.217. The molecule has 0 radical (unpaired) electrons. The first-order valence-electron chi connectivity index (χ1n) is 12.6. The standard InChI is InChI=1S/C31H33NO6/c1-19(2)37-25-13-7-10-22(16-25)28-27(29(33)23-11-8-14-26(17-23)38-20(3)4)30(34)31(35)32(28)18-21-9-6-12-24(15-21)36-5/h6-17,19-20,28,33H,18H2,1-5H3/b29-27-. The van der Waals surface area contributed by atoms with Crippen molar-refractivity contribution in [3.05, 3.63) is 95.1 Å². The van der Waals surface area contributed by atoms with Crippen molar-refractivity contribution < 1.29 is 28.9 Å². The molecule has 3 aromatic carbocycles. The van der Waals surface area contributed by atoms with Crippen LogP contribution in [0.3, 0.4) is 0 Å². The second kappa shape index (κ2) is 11.4. The average molecular weight is 516 g/mol. The number of methoxy groups -OCH3 is 1. The summed E-state index contributed by atoms with van der Waals surface area (Å²) in [5.41, 5.74) is 1.85. The Morgan fingerprint density at radius 1 is 0.842 bits per heavy atom. The van der Waals surface area contributed by atoms with Crippen LogP contribution in [0, 0.1) is 0 Å². The average Bonchev–Trinajstić information content (AvgIpc) is 3.13. The second-order valence-corrected chi connectivity index (χ2v) is 9.71. The molecule has 7 nitrogen and oxygen atoms in total. The molecule has 0 aromatic heterocycles. The van der Waals surface area contributed by atoms with Gasteiger partial charge in [-0.25, -0.2) is 0 Å². The molecule has 1 saturated heterocycles. The van der Waals surface area contributed by atoms with Crippen LogP contribution in [0.1, 0.15) is 50.4 Å². The van der Waals surface area contributed by atoms with Crippen molar-refractivity contribution in [2.75, 3.05) is 7.11 Å². The fraction of sp³-hybridized carbons (Fsp3) is 0.290. The van der Waals surface area contributed by atoms with E-state index in [1.807, 2.05) is 70.2 Å². The molecule has 1 N–H and O–H groups in total. The maximum atomic E-state index is 13.5. The SMILES string of the molecule is COc1cccc(CN2C(=O)C(=O)/C(=C(\O)c3cccc(OC(C)C)c3)C2c2cccc(OC(C)C)c2)c1. The number of carbonyl (C=O) groups excluding carboxylic acids is 2. The third-order valence-corrected chi connectivity index (χ3v) is 6.05. The molecule has 0 saturated carbocycles. The summed E-state index contributed by atoms with van der Waals surface area (Å²) in [5.74, 6) is 0.107. The lowest BCUT2D eigenvalue weighted by molar-refractivity contribution is -0.140. The molecular formula is C31H33NO6. The van der Waals surface area contributed by atoms with Gasteiger partial charge in [0.05, 0.1) is 30.9 Å². The van der Waals surface area contributed by atoms with E-state index in [-0.39, 0.29) is 30.1 Å². The van der Waals surface area contributed by atoms with Crippen molar-refractivity contribution in [1.29, 1.82) is 0 Å². The smallest absolute Gasteiger partial charge is 0.295 e. The minimum Gasteiger partial charge on any atom is -0.507 e. The van der Waals surface area contributed by atoms with Crippen molar-refractivity contribution in [3.63, 3.8) is 0 Å². The highest BCUT2D eigenvalue weighted by Crippen LogP contribution is 2.41. The first-order chi connectivity index (χ1) is 18.2. The van der Waals surface area contributed by atoms with Gasteiger partial charge in [-0.3, -0.25) is 9.59 Å². The number of ether oxygens (including phenoxy) is 3. The van der Waals surface area contributed by atoms with Gasteiger partial charge < -0.3 is 24.2 Å². The Labute approximate surface area is 223 Å². The zero-order valence-corrected chi connectivity index (χ0v) is 22.3. The maximum absolute atomic E-state index is 13.5. The number of hydrogen-bond acceptors (Lipinski definition) is 6. The molecule has 4 rings (SSSR count). The van der Waals surface area contributed by atoms with E-state index in [2.05, 4.69) is 0 Å². The highest BCUT2D eigenvalue weighted by molar-refractivity contribution is 6.46. The summed E-state index contributed by atoms with van der Waals surface area (Å²) >= 11 is 0. The van der Waals surface area contributed by atoms with Crippen LogP contribution >= 0.6 is 0 Å². The van der Waals surface area contributed by atoms with Crippen LogP contribution in [0.4, 0.5) is 0 Å².